The zero-order valence-corrected chi connectivity index (χ0v) is 8.02. The topological polar surface area (TPSA) is 37.3 Å². The first kappa shape index (κ1) is 9.26. The van der Waals surface area contributed by atoms with Crippen LogP contribution in [0.3, 0.4) is 0 Å². The Kier molecular flexibility index (Phi) is 2.87. The fourth-order valence-electron chi connectivity index (χ4n) is 1.08. The minimum Gasteiger partial charge on any atom is -0.478 e. The third-order valence-corrected chi connectivity index (χ3v) is 2.83. The lowest BCUT2D eigenvalue weighted by Gasteiger charge is -2.06. The van der Waals surface area contributed by atoms with Crippen LogP contribution in [0.2, 0.25) is 0 Å². The van der Waals surface area contributed by atoms with Crippen LogP contribution in [0.25, 0.3) is 0 Å². The molecule has 3 heteroatoms. The molecule has 1 unspecified atom stereocenters. The number of carbonyl (C=O) groups is 1. The standard InChI is InChI=1S/C9H12O2S/c1-3-6(2)7-4-12-5-8(7)9(10)11/h4-6H,3H2,1-2H3,(H,10,11). The lowest BCUT2D eigenvalue weighted by molar-refractivity contribution is 0.0696. The molecule has 0 bridgehead atoms. The first-order chi connectivity index (χ1) is 5.66. The molecule has 0 spiro atoms. The molecule has 2 nitrogen and oxygen atoms in total. The van der Waals surface area contributed by atoms with Gasteiger partial charge in [-0.1, -0.05) is 13.8 Å². The molecule has 1 aromatic rings. The van der Waals surface area contributed by atoms with Gasteiger partial charge < -0.3 is 5.11 Å². The molecule has 0 aliphatic heterocycles. The Morgan fingerprint density at radius 3 is 2.83 bits per heavy atom. The minimum absolute atomic E-state index is 0.349. The van der Waals surface area contributed by atoms with Gasteiger partial charge in [-0.05, 0) is 23.3 Å². The second-order valence-electron chi connectivity index (χ2n) is 2.86. The van der Waals surface area contributed by atoms with E-state index in [0.717, 1.165) is 12.0 Å². The number of rotatable bonds is 3. The van der Waals surface area contributed by atoms with Gasteiger partial charge in [-0.15, -0.1) is 0 Å². The van der Waals surface area contributed by atoms with Crippen molar-refractivity contribution < 1.29 is 9.90 Å². The normalized spacial score (nSPS) is 12.8. The summed E-state index contributed by atoms with van der Waals surface area (Å²) in [7, 11) is 0. The molecule has 0 fully saturated rings. The average molecular weight is 184 g/mol. The highest BCUT2D eigenvalue weighted by atomic mass is 32.1. The third-order valence-electron chi connectivity index (χ3n) is 2.07. The highest BCUT2D eigenvalue weighted by Crippen LogP contribution is 2.25. The molecular formula is C9H12O2S. The van der Waals surface area contributed by atoms with Gasteiger partial charge in [0.15, 0.2) is 0 Å². The molecule has 66 valence electrons. The van der Waals surface area contributed by atoms with E-state index in [4.69, 9.17) is 5.11 Å². The van der Waals surface area contributed by atoms with Crippen molar-refractivity contribution in [3.63, 3.8) is 0 Å². The van der Waals surface area contributed by atoms with Gasteiger partial charge in [-0.3, -0.25) is 0 Å². The monoisotopic (exact) mass is 184 g/mol. The van der Waals surface area contributed by atoms with Crippen molar-refractivity contribution >= 4 is 17.3 Å². The first-order valence-electron chi connectivity index (χ1n) is 3.96. The summed E-state index contributed by atoms with van der Waals surface area (Å²) in [4.78, 5) is 10.7. The van der Waals surface area contributed by atoms with Crippen LogP contribution in [0.4, 0.5) is 0 Å². The second-order valence-corrected chi connectivity index (χ2v) is 3.60. The number of hydrogen-bond donors (Lipinski definition) is 1. The van der Waals surface area contributed by atoms with E-state index >= 15 is 0 Å². The highest BCUT2D eigenvalue weighted by Gasteiger charge is 2.14. The Morgan fingerprint density at radius 2 is 2.33 bits per heavy atom. The zero-order chi connectivity index (χ0) is 9.14. The number of hydrogen-bond acceptors (Lipinski definition) is 2. The van der Waals surface area contributed by atoms with E-state index in [0.29, 0.717) is 11.5 Å². The van der Waals surface area contributed by atoms with E-state index in [1.165, 1.54) is 11.3 Å². The number of carboxylic acids is 1. The molecule has 1 atom stereocenters. The van der Waals surface area contributed by atoms with Crippen LogP contribution in [0.1, 0.15) is 42.1 Å². The molecule has 1 aromatic heterocycles. The van der Waals surface area contributed by atoms with Crippen LogP contribution in [-0.2, 0) is 0 Å². The Labute approximate surface area is 75.9 Å². The van der Waals surface area contributed by atoms with Gasteiger partial charge in [-0.25, -0.2) is 4.79 Å². The van der Waals surface area contributed by atoms with Crippen molar-refractivity contribution in [2.75, 3.05) is 0 Å². The summed E-state index contributed by atoms with van der Waals surface area (Å²) in [6.07, 6.45) is 0.983. The second kappa shape index (κ2) is 3.72. The van der Waals surface area contributed by atoms with Gasteiger partial charge in [-0.2, -0.15) is 11.3 Å². The quantitative estimate of drug-likeness (QED) is 0.784. The van der Waals surface area contributed by atoms with Crippen molar-refractivity contribution in [1.82, 2.24) is 0 Å². The maximum Gasteiger partial charge on any atom is 0.336 e. The summed E-state index contributed by atoms with van der Waals surface area (Å²) >= 11 is 1.46. The molecule has 1 heterocycles. The predicted octanol–water partition coefficient (Wildman–Crippen LogP) is 2.96. The summed E-state index contributed by atoms with van der Waals surface area (Å²) in [5, 5.41) is 12.4. The smallest absolute Gasteiger partial charge is 0.336 e. The SMILES string of the molecule is CCC(C)c1cscc1C(=O)O. The van der Waals surface area contributed by atoms with Crippen LogP contribution in [0.5, 0.6) is 0 Å². The third kappa shape index (κ3) is 1.67. The molecule has 0 radical (unpaired) electrons. The molecule has 0 saturated heterocycles. The van der Waals surface area contributed by atoms with Gasteiger partial charge >= 0.3 is 5.97 Å². The molecule has 0 amide bonds. The Bertz CT molecular complexity index is 278. The van der Waals surface area contributed by atoms with E-state index in [-0.39, 0.29) is 0 Å². The van der Waals surface area contributed by atoms with Gasteiger partial charge in [0.25, 0.3) is 0 Å². The number of aromatic carboxylic acids is 1. The van der Waals surface area contributed by atoms with Crippen molar-refractivity contribution in [3.05, 3.63) is 21.9 Å². The first-order valence-corrected chi connectivity index (χ1v) is 4.90. The van der Waals surface area contributed by atoms with Gasteiger partial charge in [0.05, 0.1) is 5.56 Å². The summed E-state index contributed by atoms with van der Waals surface area (Å²) in [5.41, 5.74) is 1.43. The lowest BCUT2D eigenvalue weighted by Crippen LogP contribution is -2.01. The fourth-order valence-corrected chi connectivity index (χ4v) is 2.03. The van der Waals surface area contributed by atoms with Crippen molar-refractivity contribution in [2.24, 2.45) is 0 Å². The summed E-state index contributed by atoms with van der Waals surface area (Å²) in [5.74, 6) is -0.464. The van der Waals surface area contributed by atoms with Gasteiger partial charge in [0, 0.05) is 5.38 Å². The average Bonchev–Trinajstić information content (AvgIpc) is 2.50. The maximum atomic E-state index is 10.7. The summed E-state index contributed by atoms with van der Waals surface area (Å²) in [6.45, 7) is 4.11. The zero-order valence-electron chi connectivity index (χ0n) is 7.20. The summed E-state index contributed by atoms with van der Waals surface area (Å²) < 4.78 is 0. The Balaban J connectivity index is 2.98. The minimum atomic E-state index is -0.813. The molecule has 0 aliphatic rings. The summed E-state index contributed by atoms with van der Waals surface area (Å²) in [6, 6.07) is 0. The molecule has 12 heavy (non-hydrogen) atoms. The van der Waals surface area contributed by atoms with Crippen LogP contribution in [0, 0.1) is 0 Å². The molecule has 0 aromatic carbocycles. The van der Waals surface area contributed by atoms with Gasteiger partial charge in [0.1, 0.15) is 0 Å². The van der Waals surface area contributed by atoms with Crippen molar-refractivity contribution in [1.29, 1.82) is 0 Å². The van der Waals surface area contributed by atoms with E-state index in [1.807, 2.05) is 5.38 Å². The lowest BCUT2D eigenvalue weighted by atomic mass is 9.98. The van der Waals surface area contributed by atoms with Crippen LogP contribution < -0.4 is 0 Å². The van der Waals surface area contributed by atoms with Crippen LogP contribution >= 0.6 is 11.3 Å². The molecule has 0 saturated carbocycles. The maximum absolute atomic E-state index is 10.7. The molecule has 1 rings (SSSR count). The Morgan fingerprint density at radius 1 is 1.67 bits per heavy atom. The van der Waals surface area contributed by atoms with E-state index in [2.05, 4.69) is 13.8 Å². The van der Waals surface area contributed by atoms with Crippen LogP contribution in [0.15, 0.2) is 10.8 Å². The van der Waals surface area contributed by atoms with E-state index in [9.17, 15) is 4.79 Å². The molecule has 0 aliphatic carbocycles. The number of thiophene rings is 1. The van der Waals surface area contributed by atoms with E-state index < -0.39 is 5.97 Å². The fraction of sp³-hybridized carbons (Fsp3) is 0.444. The largest absolute Gasteiger partial charge is 0.478 e. The van der Waals surface area contributed by atoms with E-state index in [1.54, 1.807) is 5.38 Å². The molecule has 1 N–H and O–H groups in total. The highest BCUT2D eigenvalue weighted by molar-refractivity contribution is 7.08. The number of carboxylic acid groups (broad SMARTS) is 1. The Hall–Kier alpha value is -0.830. The van der Waals surface area contributed by atoms with Crippen molar-refractivity contribution in [2.45, 2.75) is 26.2 Å². The van der Waals surface area contributed by atoms with Crippen molar-refractivity contribution in [3.8, 4) is 0 Å². The predicted molar refractivity (Wildman–Crippen MR) is 50.0 cm³/mol. The molecular weight excluding hydrogens is 172 g/mol. The van der Waals surface area contributed by atoms with Gasteiger partial charge in [0.2, 0.25) is 0 Å². The van der Waals surface area contributed by atoms with Crippen LogP contribution in [-0.4, -0.2) is 11.1 Å².